The van der Waals surface area contributed by atoms with Crippen molar-refractivity contribution in [3.05, 3.63) is 0 Å². The third-order valence-corrected chi connectivity index (χ3v) is 2.94. The molecule has 0 aromatic rings. The lowest BCUT2D eigenvalue weighted by atomic mass is 10.0. The quantitative estimate of drug-likeness (QED) is 0.559. The van der Waals surface area contributed by atoms with Crippen LogP contribution in [0, 0.1) is 5.92 Å². The number of carboxylic acid groups (broad SMARTS) is 1. The Morgan fingerprint density at radius 3 is 2.83 bits per heavy atom. The minimum Gasteiger partial charge on any atom is -0.480 e. The molecule has 0 aromatic carbocycles. The highest BCUT2D eigenvalue weighted by Gasteiger charge is 2.28. The molecule has 2 amide bonds. The van der Waals surface area contributed by atoms with E-state index >= 15 is 0 Å². The van der Waals surface area contributed by atoms with Crippen molar-refractivity contribution >= 4 is 12.0 Å². The van der Waals surface area contributed by atoms with E-state index in [1.165, 1.54) is 0 Å². The van der Waals surface area contributed by atoms with Crippen LogP contribution in [0.1, 0.15) is 13.3 Å². The molecule has 0 radical (unpaired) electrons. The van der Waals surface area contributed by atoms with Gasteiger partial charge in [-0.25, -0.2) is 9.59 Å². The van der Waals surface area contributed by atoms with Crippen LogP contribution in [0.25, 0.3) is 0 Å². The molecule has 0 bridgehead atoms. The van der Waals surface area contributed by atoms with Crippen molar-refractivity contribution in [3.8, 4) is 0 Å². The lowest BCUT2D eigenvalue weighted by Crippen LogP contribution is -2.40. The topological polar surface area (TPSA) is 99.1 Å². The summed E-state index contributed by atoms with van der Waals surface area (Å²) in [6, 6.07) is -0.197. The van der Waals surface area contributed by atoms with E-state index < -0.39 is 12.1 Å². The second-order valence-electron chi connectivity index (χ2n) is 4.41. The van der Waals surface area contributed by atoms with Crippen molar-refractivity contribution in [1.29, 1.82) is 0 Å². The first-order chi connectivity index (χ1) is 8.50. The van der Waals surface area contributed by atoms with Gasteiger partial charge in [-0.05, 0) is 13.3 Å². The van der Waals surface area contributed by atoms with Crippen molar-refractivity contribution in [3.63, 3.8) is 0 Å². The van der Waals surface area contributed by atoms with Gasteiger partial charge in [0.25, 0.3) is 0 Å². The second-order valence-corrected chi connectivity index (χ2v) is 4.41. The molecule has 3 N–H and O–H groups in total. The van der Waals surface area contributed by atoms with Crippen LogP contribution < -0.4 is 5.32 Å². The molecule has 2 unspecified atom stereocenters. The van der Waals surface area contributed by atoms with Gasteiger partial charge >= 0.3 is 12.0 Å². The van der Waals surface area contributed by atoms with Gasteiger partial charge in [-0.3, -0.25) is 0 Å². The molecule has 1 saturated heterocycles. The Labute approximate surface area is 106 Å². The average Bonchev–Trinajstić information content (AvgIpc) is 2.77. The fourth-order valence-corrected chi connectivity index (χ4v) is 1.87. The average molecular weight is 260 g/mol. The normalized spacial score (nSPS) is 20.8. The van der Waals surface area contributed by atoms with Gasteiger partial charge in [-0.2, -0.15) is 0 Å². The number of ether oxygens (including phenoxy) is 1. The number of carbonyl (C=O) groups is 2. The van der Waals surface area contributed by atoms with E-state index in [0.29, 0.717) is 13.1 Å². The number of carbonyl (C=O) groups excluding carboxylic acids is 1. The molecule has 1 fully saturated rings. The maximum absolute atomic E-state index is 11.7. The Kier molecular flexibility index (Phi) is 5.87. The van der Waals surface area contributed by atoms with Crippen LogP contribution in [0.4, 0.5) is 4.79 Å². The zero-order valence-electron chi connectivity index (χ0n) is 10.5. The number of amides is 2. The summed E-state index contributed by atoms with van der Waals surface area (Å²) >= 11 is 0. The number of urea groups is 1. The molecule has 1 heterocycles. The molecule has 0 aromatic heterocycles. The number of nitrogens with zero attached hydrogens (tertiary/aromatic N) is 1. The third kappa shape index (κ3) is 4.89. The number of hydrogen-bond donors (Lipinski definition) is 3. The maximum atomic E-state index is 11.7. The Hall–Kier alpha value is -1.34. The van der Waals surface area contributed by atoms with Crippen molar-refractivity contribution in [2.75, 3.05) is 32.8 Å². The molecule has 0 aliphatic carbocycles. The number of hydrogen-bond acceptors (Lipinski definition) is 4. The van der Waals surface area contributed by atoms with Gasteiger partial charge in [0.05, 0.1) is 12.7 Å². The zero-order chi connectivity index (χ0) is 13.5. The van der Waals surface area contributed by atoms with Crippen molar-refractivity contribution in [2.24, 2.45) is 5.92 Å². The molecule has 1 rings (SSSR count). The predicted molar refractivity (Wildman–Crippen MR) is 63.2 cm³/mol. The number of carboxylic acids is 1. The van der Waals surface area contributed by atoms with Gasteiger partial charge in [0, 0.05) is 25.6 Å². The Bertz CT molecular complexity index is 295. The van der Waals surface area contributed by atoms with E-state index in [0.717, 1.165) is 6.42 Å². The van der Waals surface area contributed by atoms with Gasteiger partial charge in [0.15, 0.2) is 0 Å². The highest BCUT2D eigenvalue weighted by atomic mass is 16.5. The van der Waals surface area contributed by atoms with Crippen LogP contribution in [-0.2, 0) is 9.53 Å². The van der Waals surface area contributed by atoms with Crippen molar-refractivity contribution in [1.82, 2.24) is 10.2 Å². The summed E-state index contributed by atoms with van der Waals surface area (Å²) in [6.07, 6.45) is 0.405. The number of aliphatic carboxylic acids is 1. The van der Waals surface area contributed by atoms with Crippen LogP contribution >= 0.6 is 0 Å². The standard InChI is InChI=1S/C11H20N2O5/c1-8(14)9-2-4-13(6-9)11(17)12-3-5-18-7-10(15)16/h8-9,14H,2-7H2,1H3,(H,12,17)(H,15,16). The van der Waals surface area contributed by atoms with E-state index in [4.69, 9.17) is 9.84 Å². The first-order valence-electron chi connectivity index (χ1n) is 6.01. The van der Waals surface area contributed by atoms with Crippen LogP contribution in [0.2, 0.25) is 0 Å². The van der Waals surface area contributed by atoms with Gasteiger partial charge in [-0.15, -0.1) is 0 Å². The van der Waals surface area contributed by atoms with Gasteiger partial charge in [0.1, 0.15) is 6.61 Å². The Morgan fingerprint density at radius 2 is 2.28 bits per heavy atom. The van der Waals surface area contributed by atoms with Crippen LogP contribution in [0.5, 0.6) is 0 Å². The minimum absolute atomic E-state index is 0.138. The van der Waals surface area contributed by atoms with Crippen molar-refractivity contribution in [2.45, 2.75) is 19.4 Å². The minimum atomic E-state index is -1.03. The van der Waals surface area contributed by atoms with Crippen LogP contribution in [0.3, 0.4) is 0 Å². The molecule has 2 atom stereocenters. The van der Waals surface area contributed by atoms with E-state index in [1.807, 2.05) is 0 Å². The van der Waals surface area contributed by atoms with Gasteiger partial charge in [-0.1, -0.05) is 0 Å². The predicted octanol–water partition coefficient (Wildman–Crippen LogP) is -0.500. The number of nitrogens with one attached hydrogen (secondary N) is 1. The van der Waals surface area contributed by atoms with Crippen molar-refractivity contribution < 1.29 is 24.5 Å². The Morgan fingerprint density at radius 1 is 1.56 bits per heavy atom. The number of aliphatic hydroxyl groups excluding tert-OH is 1. The van der Waals surface area contributed by atoms with E-state index in [-0.39, 0.29) is 31.7 Å². The molecule has 1 aliphatic heterocycles. The molecule has 0 saturated carbocycles. The molecule has 7 heteroatoms. The fourth-order valence-electron chi connectivity index (χ4n) is 1.87. The number of rotatable bonds is 6. The van der Waals surface area contributed by atoms with E-state index in [1.54, 1.807) is 11.8 Å². The smallest absolute Gasteiger partial charge is 0.329 e. The van der Waals surface area contributed by atoms with Crippen LogP contribution in [0.15, 0.2) is 0 Å². The van der Waals surface area contributed by atoms with E-state index in [9.17, 15) is 14.7 Å². The van der Waals surface area contributed by atoms with Crippen LogP contribution in [-0.4, -0.2) is 66.1 Å². The molecule has 0 spiro atoms. The first-order valence-corrected chi connectivity index (χ1v) is 6.01. The van der Waals surface area contributed by atoms with E-state index in [2.05, 4.69) is 5.32 Å². The first kappa shape index (κ1) is 14.7. The SMILES string of the molecule is CC(O)C1CCN(C(=O)NCCOCC(=O)O)C1. The summed E-state index contributed by atoms with van der Waals surface area (Å²) < 4.78 is 4.79. The fraction of sp³-hybridized carbons (Fsp3) is 0.818. The monoisotopic (exact) mass is 260 g/mol. The molecule has 104 valence electrons. The summed E-state index contributed by atoms with van der Waals surface area (Å²) in [6.45, 7) is 3.01. The molecular formula is C11H20N2O5. The maximum Gasteiger partial charge on any atom is 0.329 e. The molecule has 18 heavy (non-hydrogen) atoms. The highest BCUT2D eigenvalue weighted by molar-refractivity contribution is 5.74. The number of likely N-dealkylation sites (tertiary alicyclic amines) is 1. The lowest BCUT2D eigenvalue weighted by molar-refractivity contribution is -0.142. The third-order valence-electron chi connectivity index (χ3n) is 2.94. The highest BCUT2D eigenvalue weighted by Crippen LogP contribution is 2.19. The summed E-state index contributed by atoms with van der Waals surface area (Å²) in [4.78, 5) is 23.5. The Balaban J connectivity index is 2.12. The number of aliphatic hydroxyl groups is 1. The molecule has 7 nitrogen and oxygen atoms in total. The second kappa shape index (κ2) is 7.17. The summed E-state index contributed by atoms with van der Waals surface area (Å²) in [7, 11) is 0. The summed E-state index contributed by atoms with van der Waals surface area (Å²) in [5, 5.41) is 20.4. The molecule has 1 aliphatic rings. The largest absolute Gasteiger partial charge is 0.480 e. The zero-order valence-corrected chi connectivity index (χ0v) is 10.5. The summed E-state index contributed by atoms with van der Waals surface area (Å²) in [5.74, 6) is -0.889. The molecular weight excluding hydrogens is 240 g/mol. The van der Waals surface area contributed by atoms with Gasteiger partial charge < -0.3 is 25.2 Å². The lowest BCUT2D eigenvalue weighted by Gasteiger charge is -2.18. The summed E-state index contributed by atoms with van der Waals surface area (Å²) in [5.41, 5.74) is 0. The van der Waals surface area contributed by atoms with Gasteiger partial charge in [0.2, 0.25) is 0 Å².